The Morgan fingerprint density at radius 1 is 1.10 bits per heavy atom. The number of amidine groups is 1. The topological polar surface area (TPSA) is 114 Å². The van der Waals surface area contributed by atoms with E-state index in [0.717, 1.165) is 5.75 Å². The van der Waals surface area contributed by atoms with Gasteiger partial charge in [-0.05, 0) is 36.4 Å². The van der Waals surface area contributed by atoms with Gasteiger partial charge in [-0.1, -0.05) is 17.8 Å². The van der Waals surface area contributed by atoms with E-state index >= 15 is 0 Å². The number of sulfonamides is 1. The van der Waals surface area contributed by atoms with Crippen molar-refractivity contribution in [1.82, 2.24) is 4.72 Å². The van der Waals surface area contributed by atoms with Crippen LogP contribution in [0.3, 0.4) is 0 Å². The van der Waals surface area contributed by atoms with Gasteiger partial charge in [-0.2, -0.15) is 0 Å². The lowest BCUT2D eigenvalue weighted by Gasteiger charge is -2.23. The summed E-state index contributed by atoms with van der Waals surface area (Å²) in [5.41, 5.74) is 0.395. The van der Waals surface area contributed by atoms with Crippen LogP contribution in [-0.4, -0.2) is 52.0 Å². The number of aliphatic imine (C=N–C) groups is 1. The van der Waals surface area contributed by atoms with Crippen molar-refractivity contribution in [3.63, 3.8) is 0 Å². The summed E-state index contributed by atoms with van der Waals surface area (Å²) >= 11 is 1.34. The Morgan fingerprint density at radius 3 is 2.40 bits per heavy atom. The van der Waals surface area contributed by atoms with E-state index in [1.165, 1.54) is 61.2 Å². The van der Waals surface area contributed by atoms with Crippen molar-refractivity contribution in [2.75, 3.05) is 31.4 Å². The molecule has 1 N–H and O–H groups in total. The molecule has 0 aliphatic carbocycles. The summed E-state index contributed by atoms with van der Waals surface area (Å²) in [6.45, 7) is 0.571. The third-order valence-corrected chi connectivity index (χ3v) is 6.50. The number of rotatable bonds is 5. The molecule has 1 aromatic rings. The summed E-state index contributed by atoms with van der Waals surface area (Å²) in [7, 11) is -1.38. The van der Waals surface area contributed by atoms with E-state index in [2.05, 4.69) is 9.71 Å². The number of nitrogens with zero attached hydrogens (tertiary/aromatic N) is 2. The molecule has 0 saturated carbocycles. The molecule has 0 spiro atoms. The van der Waals surface area contributed by atoms with E-state index in [9.17, 15) is 18.0 Å². The predicted molar refractivity (Wildman–Crippen MR) is 113 cm³/mol. The van der Waals surface area contributed by atoms with Crippen molar-refractivity contribution in [3.8, 4) is 0 Å². The van der Waals surface area contributed by atoms with Crippen LogP contribution in [0.5, 0.6) is 0 Å². The highest BCUT2D eigenvalue weighted by Crippen LogP contribution is 2.27. The Labute approximate surface area is 178 Å². The standard InChI is InChI=1S/C19H19N3O6S2/c1-27-17(23)15-5-3-4-11-22(16(15)18(24)28-2)13-6-8-14(9-7-13)30(25,26)21-19-20-10-12-29-19/h3-9,11H,10,12H2,1-2H3,(H,20,21). The fourth-order valence-electron chi connectivity index (χ4n) is 2.72. The van der Waals surface area contributed by atoms with Crippen molar-refractivity contribution in [2.24, 2.45) is 4.99 Å². The lowest BCUT2D eigenvalue weighted by molar-refractivity contribution is -0.139. The number of hydrogen-bond acceptors (Lipinski definition) is 9. The highest BCUT2D eigenvalue weighted by Gasteiger charge is 2.28. The molecule has 0 aromatic heterocycles. The maximum Gasteiger partial charge on any atom is 0.355 e. The zero-order chi connectivity index (χ0) is 21.7. The van der Waals surface area contributed by atoms with Crippen LogP contribution in [0.15, 0.2) is 69.9 Å². The minimum atomic E-state index is -3.79. The molecule has 0 amide bonds. The van der Waals surface area contributed by atoms with Gasteiger partial charge >= 0.3 is 11.9 Å². The SMILES string of the molecule is COC(=O)C1=C(C(=O)OC)N(c2ccc(S(=O)(=O)NC3=NCCS3)cc2)C=CC=C1. The Bertz CT molecular complexity index is 1070. The molecule has 158 valence electrons. The summed E-state index contributed by atoms with van der Waals surface area (Å²) < 4.78 is 37.1. The number of allylic oxidation sites excluding steroid dienone is 2. The Kier molecular flexibility index (Phi) is 6.63. The molecule has 3 rings (SSSR count). The summed E-state index contributed by atoms with van der Waals surface area (Å²) in [5, 5.41) is 0.360. The van der Waals surface area contributed by atoms with Crippen LogP contribution < -0.4 is 9.62 Å². The number of thioether (sulfide) groups is 1. The number of carbonyl (C=O) groups excluding carboxylic acids is 2. The molecule has 1 aromatic carbocycles. The van der Waals surface area contributed by atoms with Crippen molar-refractivity contribution >= 4 is 44.6 Å². The van der Waals surface area contributed by atoms with Crippen LogP contribution >= 0.6 is 11.8 Å². The van der Waals surface area contributed by atoms with Crippen molar-refractivity contribution < 1.29 is 27.5 Å². The Hall–Kier alpha value is -3.05. The minimum absolute atomic E-state index is 0.00369. The van der Waals surface area contributed by atoms with E-state index < -0.39 is 22.0 Å². The van der Waals surface area contributed by atoms with Crippen LogP contribution in [-0.2, 0) is 29.1 Å². The summed E-state index contributed by atoms with van der Waals surface area (Å²) in [5.74, 6) is -0.725. The van der Waals surface area contributed by atoms with Gasteiger partial charge in [0.05, 0.1) is 31.2 Å². The smallest absolute Gasteiger partial charge is 0.355 e. The normalized spacial score (nSPS) is 16.2. The first-order valence-electron chi connectivity index (χ1n) is 8.72. The fraction of sp³-hybridized carbons (Fsp3) is 0.211. The molecule has 0 saturated heterocycles. The van der Waals surface area contributed by atoms with E-state index in [1.54, 1.807) is 18.4 Å². The van der Waals surface area contributed by atoms with Gasteiger partial charge < -0.3 is 14.4 Å². The molecule has 0 bridgehead atoms. The maximum absolute atomic E-state index is 12.5. The first-order valence-corrected chi connectivity index (χ1v) is 11.2. The molecule has 2 aliphatic heterocycles. The number of methoxy groups -OCH3 is 2. The molecule has 9 nitrogen and oxygen atoms in total. The van der Waals surface area contributed by atoms with Gasteiger partial charge in [0.1, 0.15) is 5.70 Å². The van der Waals surface area contributed by atoms with Crippen molar-refractivity contribution in [2.45, 2.75) is 4.90 Å². The quantitative estimate of drug-likeness (QED) is 0.674. The molecule has 0 fully saturated rings. The number of hydrogen-bond donors (Lipinski definition) is 1. The third kappa shape index (κ3) is 4.57. The van der Waals surface area contributed by atoms with Crippen molar-refractivity contribution in [3.05, 3.63) is 60.0 Å². The zero-order valence-corrected chi connectivity index (χ0v) is 17.8. The van der Waals surface area contributed by atoms with Gasteiger partial charge in [-0.15, -0.1) is 0 Å². The largest absolute Gasteiger partial charge is 0.465 e. The van der Waals surface area contributed by atoms with E-state index in [-0.39, 0.29) is 16.2 Å². The molecule has 2 heterocycles. The number of nitrogens with one attached hydrogen (secondary N) is 1. The summed E-state index contributed by atoms with van der Waals surface area (Å²) in [6, 6.07) is 5.84. The van der Waals surface area contributed by atoms with Crippen LogP contribution in [0.25, 0.3) is 0 Å². The van der Waals surface area contributed by atoms with E-state index in [4.69, 9.17) is 9.47 Å². The summed E-state index contributed by atoms with van der Waals surface area (Å²) in [6.07, 6.45) is 6.21. The first kappa shape index (κ1) is 21.7. The molecular formula is C19H19N3O6S2. The third-order valence-electron chi connectivity index (χ3n) is 4.12. The highest BCUT2D eigenvalue weighted by atomic mass is 32.2. The Balaban J connectivity index is 1.97. The summed E-state index contributed by atoms with van der Waals surface area (Å²) in [4.78, 5) is 30.2. The predicted octanol–water partition coefficient (Wildman–Crippen LogP) is 1.56. The number of esters is 2. The van der Waals surface area contributed by atoms with Crippen LogP contribution in [0.2, 0.25) is 0 Å². The zero-order valence-electron chi connectivity index (χ0n) is 16.2. The number of ether oxygens (including phenoxy) is 2. The average Bonchev–Trinajstić information content (AvgIpc) is 3.15. The first-order chi connectivity index (χ1) is 14.4. The number of anilines is 1. The monoisotopic (exact) mass is 449 g/mol. The van der Waals surface area contributed by atoms with Crippen molar-refractivity contribution in [1.29, 1.82) is 0 Å². The van der Waals surface area contributed by atoms with Gasteiger partial charge in [-0.25, -0.2) is 18.0 Å². The molecule has 0 radical (unpaired) electrons. The number of carbonyl (C=O) groups is 2. The van der Waals surface area contributed by atoms with Crippen LogP contribution in [0.4, 0.5) is 5.69 Å². The van der Waals surface area contributed by atoms with Gasteiger partial charge in [0.15, 0.2) is 5.17 Å². The van der Waals surface area contributed by atoms with Crippen LogP contribution in [0, 0.1) is 0 Å². The second-order valence-corrected chi connectivity index (χ2v) is 8.72. The van der Waals surface area contributed by atoms with Gasteiger partial charge in [-0.3, -0.25) is 9.71 Å². The lowest BCUT2D eigenvalue weighted by atomic mass is 10.1. The number of benzene rings is 1. The fourth-order valence-corrected chi connectivity index (χ4v) is 4.75. The van der Waals surface area contributed by atoms with E-state index in [1.807, 2.05) is 0 Å². The molecule has 30 heavy (non-hydrogen) atoms. The van der Waals surface area contributed by atoms with Gasteiger partial charge in [0.25, 0.3) is 10.0 Å². The molecule has 0 atom stereocenters. The van der Waals surface area contributed by atoms with Gasteiger partial charge in [0, 0.05) is 17.6 Å². The van der Waals surface area contributed by atoms with Crippen LogP contribution in [0.1, 0.15) is 0 Å². The minimum Gasteiger partial charge on any atom is -0.465 e. The second-order valence-electron chi connectivity index (χ2n) is 5.95. The molecular weight excluding hydrogens is 430 g/mol. The lowest BCUT2D eigenvalue weighted by Crippen LogP contribution is -2.28. The Morgan fingerprint density at radius 2 is 1.80 bits per heavy atom. The molecule has 0 unspecified atom stereocenters. The maximum atomic E-state index is 12.5. The highest BCUT2D eigenvalue weighted by molar-refractivity contribution is 8.15. The molecule has 11 heteroatoms. The average molecular weight is 450 g/mol. The molecule has 2 aliphatic rings. The van der Waals surface area contributed by atoms with Gasteiger partial charge in [0.2, 0.25) is 0 Å². The van der Waals surface area contributed by atoms with E-state index in [0.29, 0.717) is 17.4 Å². The second kappa shape index (κ2) is 9.18.